The fourth-order valence-electron chi connectivity index (χ4n) is 1.87. The van der Waals surface area contributed by atoms with Crippen molar-refractivity contribution in [1.29, 1.82) is 0 Å². The summed E-state index contributed by atoms with van der Waals surface area (Å²) >= 11 is 0. The molecule has 2 nitrogen and oxygen atoms in total. The molecule has 16 heavy (non-hydrogen) atoms. The van der Waals surface area contributed by atoms with Gasteiger partial charge in [0.15, 0.2) is 0 Å². The lowest BCUT2D eigenvalue weighted by atomic mass is 9.96. The lowest BCUT2D eigenvalue weighted by Crippen LogP contribution is -2.35. The van der Waals surface area contributed by atoms with Crippen LogP contribution in [0.3, 0.4) is 0 Å². The van der Waals surface area contributed by atoms with Gasteiger partial charge in [-0.2, -0.15) is 0 Å². The number of hydrogen-bond donors (Lipinski definition) is 1. The smallest absolute Gasteiger partial charge is 0.0488 e. The Hall–Kier alpha value is -0.0800. The third-order valence-corrected chi connectivity index (χ3v) is 2.95. The molecule has 0 aliphatic rings. The monoisotopic (exact) mass is 229 g/mol. The summed E-state index contributed by atoms with van der Waals surface area (Å²) in [5.74, 6) is 1.36. The molecule has 0 radical (unpaired) electrons. The first kappa shape index (κ1) is 15.9. The molecule has 0 aromatic carbocycles. The van der Waals surface area contributed by atoms with Gasteiger partial charge in [-0.1, -0.05) is 34.6 Å². The molecule has 0 heterocycles. The van der Waals surface area contributed by atoms with Crippen LogP contribution >= 0.6 is 0 Å². The Balaban J connectivity index is 3.62. The van der Waals surface area contributed by atoms with Crippen LogP contribution in [0.5, 0.6) is 0 Å². The van der Waals surface area contributed by atoms with Crippen molar-refractivity contribution in [2.75, 3.05) is 19.8 Å². The number of ether oxygens (including phenoxy) is 1. The fourth-order valence-corrected chi connectivity index (χ4v) is 1.87. The van der Waals surface area contributed by atoms with Crippen molar-refractivity contribution in [3.8, 4) is 0 Å². The maximum absolute atomic E-state index is 5.64. The maximum Gasteiger partial charge on any atom is 0.0488 e. The Morgan fingerprint density at radius 2 is 1.81 bits per heavy atom. The zero-order valence-electron chi connectivity index (χ0n) is 11.9. The zero-order chi connectivity index (χ0) is 12.4. The molecule has 0 aliphatic carbocycles. The molecule has 2 atom stereocenters. The predicted molar refractivity (Wildman–Crippen MR) is 71.8 cm³/mol. The second kappa shape index (κ2) is 10.1. The Labute approximate surface area is 102 Å². The van der Waals surface area contributed by atoms with Gasteiger partial charge in [0, 0.05) is 19.3 Å². The van der Waals surface area contributed by atoms with E-state index < -0.39 is 0 Å². The van der Waals surface area contributed by atoms with Crippen LogP contribution in [-0.4, -0.2) is 25.8 Å². The number of nitrogens with one attached hydrogen (secondary N) is 1. The van der Waals surface area contributed by atoms with Gasteiger partial charge in [0.2, 0.25) is 0 Å². The van der Waals surface area contributed by atoms with Crippen molar-refractivity contribution >= 4 is 0 Å². The molecule has 1 N–H and O–H groups in total. The van der Waals surface area contributed by atoms with Gasteiger partial charge in [-0.25, -0.2) is 0 Å². The van der Waals surface area contributed by atoms with Gasteiger partial charge in [0.05, 0.1) is 0 Å². The summed E-state index contributed by atoms with van der Waals surface area (Å²) in [6.07, 6.45) is 3.60. The summed E-state index contributed by atoms with van der Waals surface area (Å²) in [7, 11) is 0. The van der Waals surface area contributed by atoms with Gasteiger partial charge in [-0.15, -0.1) is 0 Å². The minimum atomic E-state index is 0.649. The molecule has 2 heteroatoms. The van der Waals surface area contributed by atoms with Gasteiger partial charge in [0.1, 0.15) is 0 Å². The van der Waals surface area contributed by atoms with Crippen LogP contribution in [0.4, 0.5) is 0 Å². The Morgan fingerprint density at radius 3 is 2.31 bits per heavy atom. The second-order valence-electron chi connectivity index (χ2n) is 5.20. The van der Waals surface area contributed by atoms with Crippen LogP contribution in [-0.2, 0) is 4.74 Å². The molecular weight excluding hydrogens is 198 g/mol. The molecule has 0 saturated heterocycles. The number of rotatable bonds is 10. The maximum atomic E-state index is 5.64. The van der Waals surface area contributed by atoms with E-state index in [1.165, 1.54) is 19.3 Å². The van der Waals surface area contributed by atoms with Gasteiger partial charge in [-0.3, -0.25) is 0 Å². The van der Waals surface area contributed by atoms with Crippen LogP contribution in [0.2, 0.25) is 0 Å². The van der Waals surface area contributed by atoms with Crippen LogP contribution in [0, 0.1) is 11.8 Å². The van der Waals surface area contributed by atoms with Crippen LogP contribution in [0.1, 0.15) is 53.9 Å². The molecule has 0 rings (SSSR count). The van der Waals surface area contributed by atoms with Crippen LogP contribution in [0.25, 0.3) is 0 Å². The summed E-state index contributed by atoms with van der Waals surface area (Å²) in [4.78, 5) is 0. The zero-order valence-corrected chi connectivity index (χ0v) is 11.9. The molecule has 0 spiro atoms. The van der Waals surface area contributed by atoms with E-state index in [1.807, 2.05) is 0 Å². The molecule has 2 unspecified atom stereocenters. The molecule has 0 fully saturated rings. The van der Waals surface area contributed by atoms with E-state index in [0.29, 0.717) is 17.9 Å². The molecule has 0 aromatic heterocycles. The Morgan fingerprint density at radius 1 is 1.12 bits per heavy atom. The highest BCUT2D eigenvalue weighted by molar-refractivity contribution is 4.71. The van der Waals surface area contributed by atoms with Crippen molar-refractivity contribution in [1.82, 2.24) is 5.32 Å². The minimum Gasteiger partial charge on any atom is -0.381 e. The molecule has 98 valence electrons. The Bertz CT molecular complexity index is 148. The van der Waals surface area contributed by atoms with Crippen molar-refractivity contribution < 1.29 is 4.74 Å². The standard InChI is InChI=1S/C14H31NO/c1-6-9-15-14(7-2)13(5)8-10-16-11-12(3)4/h12-15H,6-11H2,1-5H3. The second-order valence-corrected chi connectivity index (χ2v) is 5.20. The lowest BCUT2D eigenvalue weighted by molar-refractivity contribution is 0.0948. The fraction of sp³-hybridized carbons (Fsp3) is 1.00. The molecule has 0 amide bonds. The Kier molecular flexibility index (Phi) is 10.0. The first-order chi connectivity index (χ1) is 7.61. The summed E-state index contributed by atoms with van der Waals surface area (Å²) < 4.78 is 5.64. The van der Waals surface area contributed by atoms with Crippen LogP contribution in [0.15, 0.2) is 0 Å². The van der Waals surface area contributed by atoms with Gasteiger partial charge in [0.25, 0.3) is 0 Å². The average molecular weight is 229 g/mol. The molecule has 0 bridgehead atoms. The minimum absolute atomic E-state index is 0.649. The van der Waals surface area contributed by atoms with E-state index in [0.717, 1.165) is 19.8 Å². The van der Waals surface area contributed by atoms with E-state index in [1.54, 1.807) is 0 Å². The van der Waals surface area contributed by atoms with Gasteiger partial charge >= 0.3 is 0 Å². The third kappa shape index (κ3) is 8.12. The molecule has 0 aliphatic heterocycles. The van der Waals surface area contributed by atoms with E-state index in [4.69, 9.17) is 4.74 Å². The molecular formula is C14H31NO. The summed E-state index contributed by atoms with van der Waals surface area (Å²) in [6.45, 7) is 14.1. The molecule has 0 aromatic rings. The highest BCUT2D eigenvalue weighted by atomic mass is 16.5. The summed E-state index contributed by atoms with van der Waals surface area (Å²) in [5, 5.41) is 3.61. The lowest BCUT2D eigenvalue weighted by Gasteiger charge is -2.24. The van der Waals surface area contributed by atoms with E-state index >= 15 is 0 Å². The summed E-state index contributed by atoms with van der Waals surface area (Å²) in [5.41, 5.74) is 0. The van der Waals surface area contributed by atoms with Crippen molar-refractivity contribution in [2.45, 2.75) is 59.9 Å². The predicted octanol–water partition coefficient (Wildman–Crippen LogP) is 3.46. The van der Waals surface area contributed by atoms with E-state index in [9.17, 15) is 0 Å². The van der Waals surface area contributed by atoms with Crippen molar-refractivity contribution in [2.24, 2.45) is 11.8 Å². The average Bonchev–Trinajstić information content (AvgIpc) is 2.25. The normalized spacial score (nSPS) is 15.4. The largest absolute Gasteiger partial charge is 0.381 e. The highest BCUT2D eigenvalue weighted by Gasteiger charge is 2.13. The SMILES string of the molecule is CCCNC(CC)C(C)CCOCC(C)C. The topological polar surface area (TPSA) is 21.3 Å². The van der Waals surface area contributed by atoms with Gasteiger partial charge in [-0.05, 0) is 37.6 Å². The van der Waals surface area contributed by atoms with Crippen molar-refractivity contribution in [3.63, 3.8) is 0 Å². The quantitative estimate of drug-likeness (QED) is 0.579. The summed E-state index contributed by atoms with van der Waals surface area (Å²) in [6, 6.07) is 0.655. The number of hydrogen-bond acceptors (Lipinski definition) is 2. The van der Waals surface area contributed by atoms with E-state index in [2.05, 4.69) is 39.9 Å². The first-order valence-corrected chi connectivity index (χ1v) is 6.92. The van der Waals surface area contributed by atoms with E-state index in [-0.39, 0.29) is 0 Å². The first-order valence-electron chi connectivity index (χ1n) is 6.92. The highest BCUT2D eigenvalue weighted by Crippen LogP contribution is 2.11. The van der Waals surface area contributed by atoms with Crippen LogP contribution < -0.4 is 5.32 Å². The van der Waals surface area contributed by atoms with Crippen molar-refractivity contribution in [3.05, 3.63) is 0 Å². The molecule has 0 saturated carbocycles. The third-order valence-electron chi connectivity index (χ3n) is 2.95. The van der Waals surface area contributed by atoms with Gasteiger partial charge < -0.3 is 10.1 Å².